The SMILES string of the molecule is Cc1cc(NC(=O)c2c(C)nc3ccc(Cl)cc3c2-c2ccccc2Cl)no1.Cl. The van der Waals surface area contributed by atoms with Crippen LogP contribution in [0.15, 0.2) is 53.1 Å². The van der Waals surface area contributed by atoms with Gasteiger partial charge in [0.15, 0.2) is 5.82 Å². The lowest BCUT2D eigenvalue weighted by atomic mass is 9.93. The third-order valence-corrected chi connectivity index (χ3v) is 4.93. The minimum absolute atomic E-state index is 0. The molecule has 4 aromatic rings. The highest BCUT2D eigenvalue weighted by Crippen LogP contribution is 2.38. The molecule has 2 aromatic carbocycles. The molecule has 0 spiro atoms. The van der Waals surface area contributed by atoms with E-state index >= 15 is 0 Å². The van der Waals surface area contributed by atoms with Gasteiger partial charge in [0.25, 0.3) is 5.91 Å². The second kappa shape index (κ2) is 8.41. The highest BCUT2D eigenvalue weighted by molar-refractivity contribution is 6.35. The molecule has 5 nitrogen and oxygen atoms in total. The van der Waals surface area contributed by atoms with Crippen molar-refractivity contribution in [3.05, 3.63) is 75.6 Å². The van der Waals surface area contributed by atoms with Gasteiger partial charge < -0.3 is 9.84 Å². The quantitative estimate of drug-likeness (QED) is 0.389. The van der Waals surface area contributed by atoms with E-state index in [-0.39, 0.29) is 18.3 Å². The molecule has 4 rings (SSSR count). The highest BCUT2D eigenvalue weighted by Gasteiger charge is 2.22. The Bertz CT molecular complexity index is 1220. The van der Waals surface area contributed by atoms with E-state index < -0.39 is 0 Å². The number of amides is 1. The molecule has 1 amide bonds. The van der Waals surface area contributed by atoms with Gasteiger partial charge in [0.05, 0.1) is 16.8 Å². The lowest BCUT2D eigenvalue weighted by Gasteiger charge is -2.16. The van der Waals surface area contributed by atoms with Crippen LogP contribution in [-0.2, 0) is 0 Å². The van der Waals surface area contributed by atoms with Gasteiger partial charge in [-0.3, -0.25) is 9.78 Å². The molecule has 148 valence electrons. The standard InChI is InChI=1S/C21H15Cl2N3O2.ClH/c1-11-9-18(26-28-11)25-21(27)19-12(2)24-17-8-7-13(22)10-15(17)20(19)14-5-3-4-6-16(14)23;/h3-10H,1-2H3,(H,25,26,27);1H. The number of benzene rings is 2. The van der Waals surface area contributed by atoms with Gasteiger partial charge in [0.2, 0.25) is 0 Å². The average molecular weight is 449 g/mol. The van der Waals surface area contributed by atoms with Gasteiger partial charge >= 0.3 is 0 Å². The van der Waals surface area contributed by atoms with Crippen molar-refractivity contribution in [1.29, 1.82) is 0 Å². The molecule has 0 unspecified atom stereocenters. The van der Waals surface area contributed by atoms with Crippen LogP contribution in [0.1, 0.15) is 21.8 Å². The van der Waals surface area contributed by atoms with Crippen molar-refractivity contribution < 1.29 is 9.32 Å². The number of nitrogens with zero attached hydrogens (tertiary/aromatic N) is 2. The van der Waals surface area contributed by atoms with Gasteiger partial charge in [-0.15, -0.1) is 12.4 Å². The molecule has 0 fully saturated rings. The first-order valence-electron chi connectivity index (χ1n) is 8.53. The van der Waals surface area contributed by atoms with Crippen molar-refractivity contribution in [3.63, 3.8) is 0 Å². The fourth-order valence-electron chi connectivity index (χ4n) is 3.18. The molecule has 1 N–H and O–H groups in total. The van der Waals surface area contributed by atoms with Crippen LogP contribution in [0.4, 0.5) is 5.82 Å². The van der Waals surface area contributed by atoms with Crippen LogP contribution < -0.4 is 5.32 Å². The third-order valence-electron chi connectivity index (χ3n) is 4.37. The summed E-state index contributed by atoms with van der Waals surface area (Å²) in [5.41, 5.74) is 3.10. The molecule has 2 heterocycles. The van der Waals surface area contributed by atoms with Crippen LogP contribution in [0, 0.1) is 13.8 Å². The highest BCUT2D eigenvalue weighted by atomic mass is 35.5. The summed E-state index contributed by atoms with van der Waals surface area (Å²) in [6.45, 7) is 3.54. The number of aryl methyl sites for hydroxylation is 2. The topological polar surface area (TPSA) is 68.0 Å². The third kappa shape index (κ3) is 4.08. The zero-order chi connectivity index (χ0) is 19.8. The Balaban J connectivity index is 0.00000240. The Kier molecular flexibility index (Phi) is 6.13. The first-order chi connectivity index (χ1) is 13.4. The molecule has 0 saturated carbocycles. The minimum atomic E-state index is -0.352. The molecule has 2 aromatic heterocycles. The molecule has 0 aliphatic rings. The van der Waals surface area contributed by atoms with E-state index in [0.717, 1.165) is 16.5 Å². The number of aromatic nitrogens is 2. The lowest BCUT2D eigenvalue weighted by Crippen LogP contribution is -2.16. The van der Waals surface area contributed by atoms with E-state index in [2.05, 4.69) is 15.5 Å². The van der Waals surface area contributed by atoms with Crippen molar-refractivity contribution in [2.45, 2.75) is 13.8 Å². The number of nitrogens with one attached hydrogen (secondary N) is 1. The van der Waals surface area contributed by atoms with Gasteiger partial charge in [-0.05, 0) is 38.1 Å². The fourth-order valence-corrected chi connectivity index (χ4v) is 3.59. The largest absolute Gasteiger partial charge is 0.360 e. The first-order valence-corrected chi connectivity index (χ1v) is 9.29. The summed E-state index contributed by atoms with van der Waals surface area (Å²) < 4.78 is 5.03. The Hall–Kier alpha value is -2.60. The molecule has 0 aliphatic heterocycles. The second-order valence-electron chi connectivity index (χ2n) is 6.37. The predicted octanol–water partition coefficient (Wildman–Crippen LogP) is 6.49. The molecule has 0 radical (unpaired) electrons. The Labute approximate surface area is 183 Å². The van der Waals surface area contributed by atoms with E-state index in [0.29, 0.717) is 38.4 Å². The van der Waals surface area contributed by atoms with Crippen molar-refractivity contribution in [2.75, 3.05) is 5.32 Å². The van der Waals surface area contributed by atoms with Crippen LogP contribution in [-0.4, -0.2) is 16.0 Å². The van der Waals surface area contributed by atoms with Crippen LogP contribution in [0.5, 0.6) is 0 Å². The maximum Gasteiger partial charge on any atom is 0.259 e. The summed E-state index contributed by atoms with van der Waals surface area (Å²) >= 11 is 12.7. The minimum Gasteiger partial charge on any atom is -0.360 e. The predicted molar refractivity (Wildman–Crippen MR) is 118 cm³/mol. The van der Waals surface area contributed by atoms with Gasteiger partial charge in [-0.1, -0.05) is 46.6 Å². The number of fused-ring (bicyclic) bond motifs is 1. The maximum atomic E-state index is 13.2. The number of hydrogen-bond acceptors (Lipinski definition) is 4. The molecule has 8 heteroatoms. The average Bonchev–Trinajstić information content (AvgIpc) is 3.06. The number of halogens is 3. The van der Waals surface area contributed by atoms with E-state index in [1.807, 2.05) is 24.3 Å². The number of pyridine rings is 1. The second-order valence-corrected chi connectivity index (χ2v) is 7.21. The van der Waals surface area contributed by atoms with Gasteiger partial charge in [0, 0.05) is 32.6 Å². The summed E-state index contributed by atoms with van der Waals surface area (Å²) in [5.74, 6) is 0.579. The van der Waals surface area contributed by atoms with Crippen molar-refractivity contribution in [3.8, 4) is 11.1 Å². The van der Waals surface area contributed by atoms with Gasteiger partial charge in [-0.2, -0.15) is 0 Å². The maximum absolute atomic E-state index is 13.2. The van der Waals surface area contributed by atoms with Crippen LogP contribution >= 0.6 is 35.6 Å². The van der Waals surface area contributed by atoms with Crippen molar-refractivity contribution >= 4 is 58.2 Å². The molecule has 29 heavy (non-hydrogen) atoms. The smallest absolute Gasteiger partial charge is 0.259 e. The summed E-state index contributed by atoms with van der Waals surface area (Å²) in [6.07, 6.45) is 0. The summed E-state index contributed by atoms with van der Waals surface area (Å²) in [7, 11) is 0. The number of hydrogen-bond donors (Lipinski definition) is 1. The normalized spacial score (nSPS) is 10.6. The van der Waals surface area contributed by atoms with E-state index in [1.165, 1.54) is 0 Å². The Morgan fingerprint density at radius 3 is 2.52 bits per heavy atom. The zero-order valence-corrected chi connectivity index (χ0v) is 17.8. The molecule has 0 saturated heterocycles. The monoisotopic (exact) mass is 447 g/mol. The number of rotatable bonds is 3. The molecular weight excluding hydrogens is 433 g/mol. The van der Waals surface area contributed by atoms with Crippen LogP contribution in [0.3, 0.4) is 0 Å². The zero-order valence-electron chi connectivity index (χ0n) is 15.5. The summed E-state index contributed by atoms with van der Waals surface area (Å²) in [4.78, 5) is 17.8. The van der Waals surface area contributed by atoms with Gasteiger partial charge in [0.1, 0.15) is 5.76 Å². The van der Waals surface area contributed by atoms with E-state index in [4.69, 9.17) is 27.7 Å². The van der Waals surface area contributed by atoms with Gasteiger partial charge in [-0.25, -0.2) is 0 Å². The summed E-state index contributed by atoms with van der Waals surface area (Å²) in [5, 5.41) is 8.42. The Morgan fingerprint density at radius 1 is 1.07 bits per heavy atom. The lowest BCUT2D eigenvalue weighted by molar-refractivity contribution is 0.102. The number of anilines is 1. The number of carbonyl (C=O) groups excluding carboxylic acids is 1. The van der Waals surface area contributed by atoms with E-state index in [1.54, 1.807) is 38.1 Å². The van der Waals surface area contributed by atoms with Crippen molar-refractivity contribution in [2.24, 2.45) is 0 Å². The molecular formula is C21H16Cl3N3O2. The fraction of sp³-hybridized carbons (Fsp3) is 0.0952. The Morgan fingerprint density at radius 2 is 1.83 bits per heavy atom. The van der Waals surface area contributed by atoms with Crippen LogP contribution in [0.2, 0.25) is 10.0 Å². The summed E-state index contributed by atoms with van der Waals surface area (Å²) in [6, 6.07) is 14.4. The number of carbonyl (C=O) groups is 1. The van der Waals surface area contributed by atoms with Crippen LogP contribution in [0.25, 0.3) is 22.0 Å². The first kappa shape index (κ1) is 21.1. The molecule has 0 bridgehead atoms. The molecule has 0 atom stereocenters. The van der Waals surface area contributed by atoms with E-state index in [9.17, 15) is 4.79 Å². The molecule has 0 aliphatic carbocycles. The van der Waals surface area contributed by atoms with Crippen molar-refractivity contribution in [1.82, 2.24) is 10.1 Å².